The number of hydrogen-bond donors (Lipinski definition) is 2. The maximum Gasteiger partial charge on any atom is 0.416 e. The predicted octanol–water partition coefficient (Wildman–Crippen LogP) is 5.64. The predicted molar refractivity (Wildman–Crippen MR) is 138 cm³/mol. The minimum absolute atomic E-state index is 0.0316. The number of aryl methyl sites for hydroxylation is 2. The van der Waals surface area contributed by atoms with E-state index in [9.17, 15) is 18.0 Å². The van der Waals surface area contributed by atoms with Gasteiger partial charge in [0.15, 0.2) is 0 Å². The van der Waals surface area contributed by atoms with Gasteiger partial charge >= 0.3 is 12.2 Å². The number of amides is 2. The van der Waals surface area contributed by atoms with Crippen LogP contribution in [0.2, 0.25) is 0 Å². The third-order valence-corrected chi connectivity index (χ3v) is 7.02. The lowest BCUT2D eigenvalue weighted by atomic mass is 10.0. The number of hydrogen-bond acceptors (Lipinski definition) is 3. The second-order valence-corrected chi connectivity index (χ2v) is 9.58. The summed E-state index contributed by atoms with van der Waals surface area (Å²) in [5.74, 6) is 0.570. The van der Waals surface area contributed by atoms with E-state index in [1.165, 1.54) is 17.7 Å². The molecule has 1 aliphatic rings. The van der Waals surface area contributed by atoms with Gasteiger partial charge in [-0.25, -0.2) is 9.78 Å². The van der Waals surface area contributed by atoms with E-state index in [1.807, 2.05) is 30.0 Å². The van der Waals surface area contributed by atoms with Crippen molar-refractivity contribution in [3.05, 3.63) is 77.1 Å². The number of nitrogens with one attached hydrogen (secondary N) is 2. The zero-order chi connectivity index (χ0) is 26.4. The highest BCUT2D eigenvalue weighted by Gasteiger charge is 2.30. The average Bonchev–Trinajstić information content (AvgIpc) is 3.27. The van der Waals surface area contributed by atoms with Crippen molar-refractivity contribution in [1.29, 1.82) is 0 Å². The Morgan fingerprint density at radius 2 is 1.78 bits per heavy atom. The number of rotatable bonds is 8. The van der Waals surface area contributed by atoms with E-state index in [1.54, 1.807) is 7.05 Å². The molecule has 0 bridgehead atoms. The van der Waals surface area contributed by atoms with Gasteiger partial charge in [-0.15, -0.1) is 0 Å². The zero-order valence-corrected chi connectivity index (χ0v) is 21.3. The van der Waals surface area contributed by atoms with Crippen molar-refractivity contribution in [1.82, 2.24) is 25.1 Å². The van der Waals surface area contributed by atoms with Crippen LogP contribution in [0, 0.1) is 6.92 Å². The van der Waals surface area contributed by atoms with Crippen LogP contribution in [-0.2, 0) is 19.1 Å². The number of aromatic nitrogens is 2. The highest BCUT2D eigenvalue weighted by Crippen LogP contribution is 2.31. The number of alkyl halides is 3. The fraction of sp³-hybridized carbons (Fsp3) is 0.429. The van der Waals surface area contributed by atoms with Crippen LogP contribution in [0.4, 0.5) is 18.0 Å². The summed E-state index contributed by atoms with van der Waals surface area (Å²) < 4.78 is 38.6. The molecule has 4 rings (SSSR count). The summed E-state index contributed by atoms with van der Waals surface area (Å²) in [5, 5.41) is 2.80. The van der Waals surface area contributed by atoms with E-state index in [0.29, 0.717) is 24.5 Å². The van der Waals surface area contributed by atoms with Crippen molar-refractivity contribution < 1.29 is 18.0 Å². The Morgan fingerprint density at radius 3 is 2.41 bits per heavy atom. The van der Waals surface area contributed by atoms with E-state index in [4.69, 9.17) is 0 Å². The summed E-state index contributed by atoms with van der Waals surface area (Å²) in [4.78, 5) is 24.8. The zero-order valence-electron chi connectivity index (χ0n) is 21.3. The first-order valence-electron chi connectivity index (χ1n) is 12.7. The van der Waals surface area contributed by atoms with Crippen LogP contribution >= 0.6 is 0 Å². The van der Waals surface area contributed by atoms with Crippen molar-refractivity contribution in [3.8, 4) is 11.4 Å². The van der Waals surface area contributed by atoms with Gasteiger partial charge in [0, 0.05) is 50.5 Å². The third kappa shape index (κ3) is 6.91. The number of likely N-dealkylation sites (tertiary alicyclic amines) is 1. The fourth-order valence-corrected chi connectivity index (χ4v) is 4.90. The molecule has 9 heteroatoms. The first-order chi connectivity index (χ1) is 17.7. The van der Waals surface area contributed by atoms with Gasteiger partial charge in [0.25, 0.3) is 0 Å². The second kappa shape index (κ2) is 11.8. The van der Waals surface area contributed by atoms with Gasteiger partial charge in [-0.1, -0.05) is 42.5 Å². The van der Waals surface area contributed by atoms with Gasteiger partial charge in [-0.05, 0) is 50.3 Å². The molecule has 0 atom stereocenters. The van der Waals surface area contributed by atoms with Crippen molar-refractivity contribution in [2.45, 2.75) is 51.4 Å². The van der Waals surface area contributed by atoms with Gasteiger partial charge in [-0.2, -0.15) is 13.2 Å². The summed E-state index contributed by atoms with van der Waals surface area (Å²) in [6, 6.07) is 15.5. The van der Waals surface area contributed by atoms with Crippen LogP contribution < -0.4 is 5.32 Å². The van der Waals surface area contributed by atoms with Crippen molar-refractivity contribution in [2.24, 2.45) is 0 Å². The van der Waals surface area contributed by atoms with E-state index in [0.717, 1.165) is 62.3 Å². The lowest BCUT2D eigenvalue weighted by molar-refractivity contribution is -0.137. The number of nitrogens with zero attached hydrogens (tertiary/aromatic N) is 3. The topological polar surface area (TPSA) is 64.3 Å². The molecule has 1 aromatic heterocycles. The lowest BCUT2D eigenvalue weighted by Gasteiger charge is -2.38. The third-order valence-electron chi connectivity index (χ3n) is 7.02. The highest BCUT2D eigenvalue weighted by molar-refractivity contribution is 5.74. The van der Waals surface area contributed by atoms with Crippen molar-refractivity contribution >= 4 is 6.03 Å². The van der Waals surface area contributed by atoms with Crippen LogP contribution in [0.1, 0.15) is 41.8 Å². The van der Waals surface area contributed by atoms with Gasteiger partial charge in [0.1, 0.15) is 5.82 Å². The monoisotopic (exact) mass is 513 g/mol. The van der Waals surface area contributed by atoms with Crippen LogP contribution in [0.25, 0.3) is 11.4 Å². The van der Waals surface area contributed by atoms with E-state index in [2.05, 4.69) is 32.3 Å². The van der Waals surface area contributed by atoms with E-state index < -0.39 is 11.7 Å². The van der Waals surface area contributed by atoms with Gasteiger partial charge in [0.2, 0.25) is 0 Å². The summed E-state index contributed by atoms with van der Waals surface area (Å²) in [6.07, 6.45) is -0.740. The summed E-state index contributed by atoms with van der Waals surface area (Å²) in [5.41, 5.74) is 3.02. The molecule has 6 nitrogen and oxygen atoms in total. The normalized spacial score (nSPS) is 15.1. The van der Waals surface area contributed by atoms with Gasteiger partial charge < -0.3 is 15.2 Å². The largest absolute Gasteiger partial charge is 0.416 e. The molecular formula is C28H34F3N5O. The quantitative estimate of drug-likeness (QED) is 0.410. The number of piperidine rings is 1. The highest BCUT2D eigenvalue weighted by atomic mass is 19.4. The Balaban J connectivity index is 1.32. The van der Waals surface area contributed by atoms with E-state index >= 15 is 0 Å². The molecule has 1 aliphatic heterocycles. The Labute approximate surface area is 215 Å². The molecule has 2 heterocycles. The molecule has 0 radical (unpaired) electrons. The number of carbonyl (C=O) groups excluding carboxylic acids is 1. The van der Waals surface area contributed by atoms with E-state index in [-0.39, 0.29) is 12.1 Å². The number of halogens is 3. The molecule has 1 saturated heterocycles. The summed E-state index contributed by atoms with van der Waals surface area (Å²) in [6.45, 7) is 5.00. The van der Waals surface area contributed by atoms with Crippen LogP contribution in [0.5, 0.6) is 0 Å². The molecule has 0 aliphatic carbocycles. The SMILES string of the molecule is CNC(=O)N(CCCc1ccccc1)C1CCN(Cc2nc(-c3ccc(C(F)(F)F)cc3)[nH]c2C)CC1. The smallest absolute Gasteiger partial charge is 0.342 e. The molecule has 2 aromatic carbocycles. The van der Waals surface area contributed by atoms with Crippen LogP contribution in [0.3, 0.4) is 0 Å². The number of benzene rings is 2. The van der Waals surface area contributed by atoms with Gasteiger partial charge in [0.05, 0.1) is 11.3 Å². The number of H-pyrrole nitrogens is 1. The van der Waals surface area contributed by atoms with Crippen molar-refractivity contribution in [2.75, 3.05) is 26.7 Å². The molecule has 2 N–H and O–H groups in total. The summed E-state index contributed by atoms with van der Waals surface area (Å²) in [7, 11) is 1.68. The lowest BCUT2D eigenvalue weighted by Crippen LogP contribution is -2.50. The van der Waals surface area contributed by atoms with Gasteiger partial charge in [-0.3, -0.25) is 4.90 Å². The first-order valence-corrected chi connectivity index (χ1v) is 12.7. The Hall–Kier alpha value is -3.33. The molecule has 0 spiro atoms. The first kappa shape index (κ1) is 26.7. The molecule has 2 amide bonds. The minimum Gasteiger partial charge on any atom is -0.342 e. The maximum atomic E-state index is 12.9. The minimum atomic E-state index is -4.36. The number of urea groups is 1. The van der Waals surface area contributed by atoms with Crippen LogP contribution in [0.15, 0.2) is 54.6 Å². The maximum absolute atomic E-state index is 12.9. The summed E-state index contributed by atoms with van der Waals surface area (Å²) >= 11 is 0. The second-order valence-electron chi connectivity index (χ2n) is 9.58. The standard InChI is InChI=1S/C28H34F3N5O/c1-20-25(34-26(33-20)22-10-12-23(13-11-22)28(29,30)31)19-35-17-14-24(15-18-35)36(27(37)32-2)16-6-9-21-7-4-3-5-8-21/h3-5,7-8,10-13,24H,6,9,14-19H2,1-2H3,(H,32,37)(H,33,34). The molecular weight excluding hydrogens is 479 g/mol. The fourth-order valence-electron chi connectivity index (χ4n) is 4.90. The molecule has 198 valence electrons. The van der Waals surface area contributed by atoms with Crippen molar-refractivity contribution in [3.63, 3.8) is 0 Å². The number of carbonyl (C=O) groups is 1. The Kier molecular flexibility index (Phi) is 8.53. The molecule has 1 fully saturated rings. The molecule has 3 aromatic rings. The number of aromatic amines is 1. The Bertz CT molecular complexity index is 1150. The van der Waals surface area contributed by atoms with Crippen LogP contribution in [-0.4, -0.2) is 58.5 Å². The Morgan fingerprint density at radius 1 is 1.11 bits per heavy atom. The average molecular weight is 514 g/mol. The molecule has 0 saturated carbocycles. The molecule has 0 unspecified atom stereocenters. The number of imidazole rings is 1. The molecule has 37 heavy (non-hydrogen) atoms.